The Morgan fingerprint density at radius 3 is 2.62 bits per heavy atom. The fraction of sp³-hybridized carbons (Fsp3) is 0.167. The van der Waals surface area contributed by atoms with E-state index < -0.39 is 5.91 Å². The van der Waals surface area contributed by atoms with Crippen molar-refractivity contribution in [2.45, 2.75) is 25.2 Å². The van der Waals surface area contributed by atoms with Gasteiger partial charge in [-0.3, -0.25) is 14.2 Å². The average molecular weight is 491 g/mol. The molecule has 0 aliphatic heterocycles. The van der Waals surface area contributed by atoms with Gasteiger partial charge in [-0.1, -0.05) is 36.0 Å². The highest BCUT2D eigenvalue weighted by molar-refractivity contribution is 7.99. The van der Waals surface area contributed by atoms with Gasteiger partial charge in [0.05, 0.1) is 10.6 Å². The molecule has 0 aliphatic rings. The van der Waals surface area contributed by atoms with Gasteiger partial charge in [0.25, 0.3) is 0 Å². The first-order valence-corrected chi connectivity index (χ1v) is 12.6. The van der Waals surface area contributed by atoms with Gasteiger partial charge in [-0.2, -0.15) is 0 Å². The fourth-order valence-electron chi connectivity index (χ4n) is 4.08. The molecule has 0 unspecified atom stereocenters. The minimum absolute atomic E-state index is 0.0532. The number of primary amides is 1. The summed E-state index contributed by atoms with van der Waals surface area (Å²) in [5, 5.41) is 16.0. The van der Waals surface area contributed by atoms with E-state index in [1.807, 2.05) is 47.8 Å². The Morgan fingerprint density at radius 1 is 1.03 bits per heavy atom. The number of amides is 2. The Hall–Kier alpha value is -3.63. The zero-order chi connectivity index (χ0) is 23.7. The van der Waals surface area contributed by atoms with E-state index in [0.29, 0.717) is 11.0 Å². The van der Waals surface area contributed by atoms with E-state index in [1.165, 1.54) is 28.6 Å². The van der Waals surface area contributed by atoms with Gasteiger partial charge in [-0.05, 0) is 42.6 Å². The number of thiophene rings is 1. The molecular formula is C24H22N6O2S2. The molecule has 172 valence electrons. The van der Waals surface area contributed by atoms with Crippen molar-refractivity contribution < 1.29 is 9.59 Å². The van der Waals surface area contributed by atoms with Crippen molar-refractivity contribution in [1.82, 2.24) is 19.3 Å². The first-order chi connectivity index (χ1) is 16.5. The Labute approximate surface area is 203 Å². The van der Waals surface area contributed by atoms with Gasteiger partial charge in [0.2, 0.25) is 11.8 Å². The lowest BCUT2D eigenvalue weighted by atomic mass is 10.1. The Bertz CT molecular complexity index is 1500. The maximum absolute atomic E-state index is 12.7. The van der Waals surface area contributed by atoms with Crippen molar-refractivity contribution in [3.63, 3.8) is 0 Å². The van der Waals surface area contributed by atoms with Crippen molar-refractivity contribution in [3.8, 4) is 10.7 Å². The second kappa shape index (κ2) is 9.32. The van der Waals surface area contributed by atoms with Crippen LogP contribution in [-0.4, -0.2) is 36.9 Å². The van der Waals surface area contributed by atoms with Crippen LogP contribution in [0.2, 0.25) is 0 Å². The number of benzene rings is 2. The number of nitrogens with two attached hydrogens (primary N) is 1. The van der Waals surface area contributed by atoms with Crippen LogP contribution in [0.1, 0.15) is 6.92 Å². The maximum atomic E-state index is 12.7. The van der Waals surface area contributed by atoms with E-state index in [0.717, 1.165) is 33.4 Å². The molecule has 2 aromatic carbocycles. The summed E-state index contributed by atoms with van der Waals surface area (Å²) in [7, 11) is 0. The van der Waals surface area contributed by atoms with Gasteiger partial charge in [0.1, 0.15) is 6.54 Å². The van der Waals surface area contributed by atoms with Gasteiger partial charge < -0.3 is 15.6 Å². The molecule has 3 N–H and O–H groups in total. The number of nitrogens with one attached hydrogen (secondary N) is 1. The van der Waals surface area contributed by atoms with E-state index in [-0.39, 0.29) is 18.2 Å². The number of para-hydroxylation sites is 1. The number of nitrogens with zero attached hydrogens (tertiary/aromatic N) is 4. The smallest absolute Gasteiger partial charge is 0.237 e. The molecule has 0 aliphatic carbocycles. The highest BCUT2D eigenvalue weighted by atomic mass is 32.2. The zero-order valence-corrected chi connectivity index (χ0v) is 20.0. The number of carbonyl (C=O) groups excluding carboxylic acids is 2. The quantitative estimate of drug-likeness (QED) is 0.315. The number of carbonyl (C=O) groups is 2. The summed E-state index contributed by atoms with van der Waals surface area (Å²) in [4.78, 5) is 25.2. The monoisotopic (exact) mass is 490 g/mol. The lowest BCUT2D eigenvalue weighted by Gasteiger charge is -2.08. The van der Waals surface area contributed by atoms with E-state index in [9.17, 15) is 9.59 Å². The number of hydrogen-bond acceptors (Lipinski definition) is 6. The number of fused-ring (bicyclic) bond motifs is 3. The summed E-state index contributed by atoms with van der Waals surface area (Å²) in [6, 6.07) is 18.0. The predicted molar refractivity (Wildman–Crippen MR) is 137 cm³/mol. The van der Waals surface area contributed by atoms with E-state index in [2.05, 4.69) is 39.1 Å². The van der Waals surface area contributed by atoms with E-state index in [1.54, 1.807) is 4.57 Å². The summed E-state index contributed by atoms with van der Waals surface area (Å²) >= 11 is 2.71. The number of aromatic nitrogens is 4. The highest BCUT2D eigenvalue weighted by Crippen LogP contribution is 2.31. The van der Waals surface area contributed by atoms with Crippen LogP contribution in [0.4, 0.5) is 5.69 Å². The summed E-state index contributed by atoms with van der Waals surface area (Å²) in [5.41, 5.74) is 8.47. The third-order valence-electron chi connectivity index (χ3n) is 5.48. The minimum atomic E-state index is -0.497. The standard InChI is InChI=1S/C24H22N6O2S2/c1-2-29-18-7-4-3-6-16(18)17-12-15(9-10-19(17)29)26-22(32)14-34-24-28-27-23(20-8-5-11-33-20)30(24)13-21(25)31/h3-12H,2,13-14H2,1H3,(H2,25,31)(H,26,32). The number of thioether (sulfide) groups is 1. The predicted octanol–water partition coefficient (Wildman–Crippen LogP) is 4.35. The topological polar surface area (TPSA) is 108 Å². The van der Waals surface area contributed by atoms with Crippen molar-refractivity contribution in [1.29, 1.82) is 0 Å². The van der Waals surface area contributed by atoms with Crippen molar-refractivity contribution in [2.24, 2.45) is 5.73 Å². The molecule has 0 bridgehead atoms. The Balaban J connectivity index is 1.34. The molecule has 0 fully saturated rings. The van der Waals surface area contributed by atoms with Crippen molar-refractivity contribution >= 4 is 62.4 Å². The molecular weight excluding hydrogens is 468 g/mol. The molecule has 0 saturated carbocycles. The molecule has 5 rings (SSSR count). The second-order valence-electron chi connectivity index (χ2n) is 7.67. The average Bonchev–Trinajstić information content (AvgIpc) is 3.55. The maximum Gasteiger partial charge on any atom is 0.237 e. The van der Waals surface area contributed by atoms with Gasteiger partial charge >= 0.3 is 0 Å². The zero-order valence-electron chi connectivity index (χ0n) is 18.4. The summed E-state index contributed by atoms with van der Waals surface area (Å²) in [5.74, 6) is 0.0172. The number of rotatable bonds is 8. The lowest BCUT2D eigenvalue weighted by Crippen LogP contribution is -2.20. The fourth-order valence-corrected chi connectivity index (χ4v) is 5.54. The second-order valence-corrected chi connectivity index (χ2v) is 9.56. The van der Waals surface area contributed by atoms with Crippen LogP contribution in [-0.2, 0) is 22.7 Å². The van der Waals surface area contributed by atoms with Crippen molar-refractivity contribution in [3.05, 3.63) is 60.0 Å². The van der Waals surface area contributed by atoms with Crippen LogP contribution >= 0.6 is 23.1 Å². The minimum Gasteiger partial charge on any atom is -0.368 e. The summed E-state index contributed by atoms with van der Waals surface area (Å²) in [6.45, 7) is 2.94. The third-order valence-corrected chi connectivity index (χ3v) is 7.31. The van der Waals surface area contributed by atoms with Crippen LogP contribution < -0.4 is 11.1 Å². The third kappa shape index (κ3) is 4.17. The molecule has 8 nitrogen and oxygen atoms in total. The van der Waals surface area contributed by atoms with Crippen LogP contribution in [0.5, 0.6) is 0 Å². The lowest BCUT2D eigenvalue weighted by molar-refractivity contribution is -0.118. The molecule has 2 amide bonds. The molecule has 3 aromatic heterocycles. The SMILES string of the molecule is CCn1c2ccccc2c2cc(NC(=O)CSc3nnc(-c4cccs4)n3CC(N)=O)ccc21. The van der Waals surface area contributed by atoms with Crippen molar-refractivity contribution in [2.75, 3.05) is 11.1 Å². The molecule has 5 aromatic rings. The van der Waals surface area contributed by atoms with Crippen LogP contribution in [0.15, 0.2) is 65.1 Å². The Kier molecular flexibility index (Phi) is 6.08. The van der Waals surface area contributed by atoms with Gasteiger partial charge in [-0.25, -0.2) is 0 Å². The molecule has 3 heterocycles. The molecule has 0 spiro atoms. The van der Waals surface area contributed by atoms with E-state index >= 15 is 0 Å². The number of aryl methyl sites for hydroxylation is 1. The summed E-state index contributed by atoms with van der Waals surface area (Å²) in [6.07, 6.45) is 0. The molecule has 0 atom stereocenters. The Morgan fingerprint density at radius 2 is 1.85 bits per heavy atom. The normalized spacial score (nSPS) is 11.3. The first kappa shape index (κ1) is 22.2. The molecule has 10 heteroatoms. The van der Waals surface area contributed by atoms with Gasteiger partial charge in [-0.15, -0.1) is 21.5 Å². The first-order valence-electron chi connectivity index (χ1n) is 10.7. The van der Waals surface area contributed by atoms with E-state index in [4.69, 9.17) is 5.73 Å². The highest BCUT2D eigenvalue weighted by Gasteiger charge is 2.18. The van der Waals surface area contributed by atoms with Gasteiger partial charge in [0, 0.05) is 34.0 Å². The van der Waals surface area contributed by atoms with Crippen LogP contribution in [0.25, 0.3) is 32.5 Å². The molecule has 0 saturated heterocycles. The number of anilines is 1. The van der Waals surface area contributed by atoms with Crippen LogP contribution in [0, 0.1) is 0 Å². The molecule has 34 heavy (non-hydrogen) atoms. The number of hydrogen-bond donors (Lipinski definition) is 2. The summed E-state index contributed by atoms with van der Waals surface area (Å²) < 4.78 is 3.92. The molecule has 0 radical (unpaired) electrons. The largest absolute Gasteiger partial charge is 0.368 e. The van der Waals surface area contributed by atoms with Crippen LogP contribution in [0.3, 0.4) is 0 Å². The van der Waals surface area contributed by atoms with Gasteiger partial charge in [0.15, 0.2) is 11.0 Å².